The smallest absolute Gasteiger partial charge is 0.416 e. The van der Waals surface area contributed by atoms with Crippen LogP contribution >= 0.6 is 11.8 Å². The van der Waals surface area contributed by atoms with Crippen LogP contribution in [0.5, 0.6) is 0 Å². The van der Waals surface area contributed by atoms with Crippen molar-refractivity contribution < 1.29 is 22.7 Å². The van der Waals surface area contributed by atoms with Gasteiger partial charge in [-0.25, -0.2) is 4.98 Å². The van der Waals surface area contributed by atoms with E-state index >= 15 is 0 Å². The molecule has 0 spiro atoms. The van der Waals surface area contributed by atoms with E-state index in [1.807, 2.05) is 41.8 Å². The molecule has 2 unspecified atom stereocenters. The van der Waals surface area contributed by atoms with Crippen molar-refractivity contribution in [1.82, 2.24) is 9.55 Å². The highest BCUT2D eigenvalue weighted by atomic mass is 32.2. The van der Waals surface area contributed by atoms with Crippen molar-refractivity contribution in [2.75, 3.05) is 0 Å². The number of halogens is 3. The first kappa shape index (κ1) is 18.9. The Morgan fingerprint density at radius 3 is 2.61 bits per heavy atom. The number of aromatic nitrogens is 2. The number of ether oxygens (including phenoxy) is 1. The minimum atomic E-state index is -4.44. The maximum absolute atomic E-state index is 13.1. The number of esters is 1. The molecule has 4 nitrogen and oxygen atoms in total. The molecule has 2 atom stereocenters. The summed E-state index contributed by atoms with van der Waals surface area (Å²) in [5.41, 5.74) is 1.10. The average Bonchev–Trinajstić information content (AvgIpc) is 3.14. The normalized spacial score (nSPS) is 19.9. The van der Waals surface area contributed by atoms with Crippen molar-refractivity contribution in [2.24, 2.45) is 0 Å². The summed E-state index contributed by atoms with van der Waals surface area (Å²) in [5.74, 6) is -0.313. The summed E-state index contributed by atoms with van der Waals surface area (Å²) in [4.78, 5) is 16.5. The largest absolute Gasteiger partial charge is 0.462 e. The zero-order valence-corrected chi connectivity index (χ0v) is 15.8. The molecule has 4 rings (SSSR count). The second-order valence-corrected chi connectivity index (χ2v) is 7.93. The Morgan fingerprint density at radius 2 is 1.96 bits per heavy atom. The molecule has 0 amide bonds. The fraction of sp³-hybridized carbons (Fsp3) is 0.300. The highest BCUT2D eigenvalue weighted by Crippen LogP contribution is 2.36. The predicted molar refractivity (Wildman–Crippen MR) is 100 cm³/mol. The highest BCUT2D eigenvalue weighted by Gasteiger charge is 2.35. The lowest BCUT2D eigenvalue weighted by Gasteiger charge is -2.11. The van der Waals surface area contributed by atoms with E-state index in [-0.39, 0.29) is 17.6 Å². The lowest BCUT2D eigenvalue weighted by atomic mass is 10.2. The van der Waals surface area contributed by atoms with Crippen LogP contribution in [0.2, 0.25) is 0 Å². The van der Waals surface area contributed by atoms with E-state index in [1.54, 1.807) is 0 Å². The molecule has 2 heterocycles. The fourth-order valence-electron chi connectivity index (χ4n) is 3.24. The molecule has 0 aliphatic carbocycles. The van der Waals surface area contributed by atoms with Crippen molar-refractivity contribution in [3.8, 4) is 0 Å². The molecule has 0 N–H and O–H groups in total. The first-order valence-electron chi connectivity index (χ1n) is 8.80. The molecule has 28 heavy (non-hydrogen) atoms. The van der Waals surface area contributed by atoms with E-state index < -0.39 is 17.0 Å². The fourth-order valence-corrected chi connectivity index (χ4v) is 4.45. The van der Waals surface area contributed by atoms with Gasteiger partial charge >= 0.3 is 12.1 Å². The molecule has 1 aliphatic rings. The van der Waals surface area contributed by atoms with Crippen molar-refractivity contribution in [2.45, 2.75) is 42.6 Å². The van der Waals surface area contributed by atoms with E-state index in [0.717, 1.165) is 17.7 Å². The summed E-state index contributed by atoms with van der Waals surface area (Å²) < 4.78 is 46.3. The Kier molecular flexibility index (Phi) is 4.82. The number of carbonyl (C=O) groups excluding carboxylic acids is 1. The summed E-state index contributed by atoms with van der Waals surface area (Å²) in [7, 11) is 0. The molecule has 146 valence electrons. The molecule has 2 aromatic carbocycles. The maximum atomic E-state index is 13.1. The Balaban J connectivity index is 1.76. The molecule has 0 radical (unpaired) electrons. The first-order chi connectivity index (χ1) is 13.3. The summed E-state index contributed by atoms with van der Waals surface area (Å²) in [6.45, 7) is 2.27. The molecular formula is C20H17F3N2O2S. The monoisotopic (exact) mass is 406 g/mol. The topological polar surface area (TPSA) is 44.1 Å². The van der Waals surface area contributed by atoms with Crippen molar-refractivity contribution in [1.29, 1.82) is 0 Å². The van der Waals surface area contributed by atoms with Crippen LogP contribution in [0.15, 0.2) is 53.7 Å². The Morgan fingerprint density at radius 1 is 1.21 bits per heavy atom. The van der Waals surface area contributed by atoms with Gasteiger partial charge in [0.2, 0.25) is 0 Å². The molecule has 1 aromatic heterocycles. The van der Waals surface area contributed by atoms with Gasteiger partial charge in [-0.15, -0.1) is 0 Å². The third-order valence-corrected chi connectivity index (χ3v) is 5.79. The van der Waals surface area contributed by atoms with Gasteiger partial charge in [0, 0.05) is 6.42 Å². The summed E-state index contributed by atoms with van der Waals surface area (Å²) in [6.07, 6.45) is -4.06. The number of imidazole rings is 1. The average molecular weight is 406 g/mol. The van der Waals surface area contributed by atoms with Gasteiger partial charge in [-0.2, -0.15) is 13.2 Å². The van der Waals surface area contributed by atoms with Crippen LogP contribution in [0.1, 0.15) is 24.5 Å². The van der Waals surface area contributed by atoms with Crippen LogP contribution in [0.3, 0.4) is 0 Å². The van der Waals surface area contributed by atoms with Gasteiger partial charge in [-0.05, 0) is 30.7 Å². The maximum Gasteiger partial charge on any atom is 0.416 e. The van der Waals surface area contributed by atoms with Gasteiger partial charge in [0.25, 0.3) is 0 Å². The lowest BCUT2D eigenvalue weighted by molar-refractivity contribution is -0.140. The van der Waals surface area contributed by atoms with E-state index in [1.165, 1.54) is 17.8 Å². The number of hydrogen-bond acceptors (Lipinski definition) is 4. The minimum Gasteiger partial charge on any atom is -0.462 e. The van der Waals surface area contributed by atoms with Gasteiger partial charge in [-0.3, -0.25) is 4.79 Å². The zero-order valence-electron chi connectivity index (χ0n) is 14.9. The van der Waals surface area contributed by atoms with Gasteiger partial charge in [0.05, 0.1) is 23.1 Å². The van der Waals surface area contributed by atoms with E-state index in [4.69, 9.17) is 4.74 Å². The number of thioether (sulfide) groups is 1. The molecule has 0 bridgehead atoms. The van der Waals surface area contributed by atoms with Crippen LogP contribution in [0.4, 0.5) is 13.2 Å². The number of nitrogens with zero attached hydrogens (tertiary/aromatic N) is 2. The standard InChI is InChI=1S/C20H17F3N2O2S/c1-12-9-17(18(26)27-12)28-19-24-15-10-14(20(21,22)23)7-8-16(15)25(19)11-13-5-3-2-4-6-13/h2-8,10,12,17H,9,11H2,1H3. The summed E-state index contributed by atoms with van der Waals surface area (Å²) in [5, 5.41) is 0.0950. The SMILES string of the molecule is CC1CC(Sc2nc3cc(C(F)(F)F)ccc3n2Cc2ccccc2)C(=O)O1. The number of carbonyl (C=O) groups is 1. The summed E-state index contributed by atoms with van der Waals surface area (Å²) >= 11 is 1.24. The Hall–Kier alpha value is -2.48. The molecule has 3 aromatic rings. The van der Waals surface area contributed by atoms with Crippen LogP contribution in [0.25, 0.3) is 11.0 Å². The van der Waals surface area contributed by atoms with E-state index in [0.29, 0.717) is 23.6 Å². The van der Waals surface area contributed by atoms with E-state index in [2.05, 4.69) is 4.98 Å². The van der Waals surface area contributed by atoms with Crippen molar-refractivity contribution >= 4 is 28.8 Å². The van der Waals surface area contributed by atoms with Crippen LogP contribution in [-0.4, -0.2) is 26.9 Å². The number of hydrogen-bond donors (Lipinski definition) is 0. The van der Waals surface area contributed by atoms with Gasteiger partial charge in [0.1, 0.15) is 11.4 Å². The Labute approximate surface area is 163 Å². The molecule has 1 fully saturated rings. The predicted octanol–water partition coefficient (Wildman–Crippen LogP) is 4.90. The molecule has 1 saturated heterocycles. The summed E-state index contributed by atoms with van der Waals surface area (Å²) in [6, 6.07) is 13.1. The zero-order chi connectivity index (χ0) is 19.9. The molecular weight excluding hydrogens is 389 g/mol. The second kappa shape index (κ2) is 7.16. The quantitative estimate of drug-likeness (QED) is 0.578. The molecule has 8 heteroatoms. The van der Waals surface area contributed by atoms with Crippen molar-refractivity contribution in [3.05, 3.63) is 59.7 Å². The lowest BCUT2D eigenvalue weighted by Crippen LogP contribution is -2.11. The molecule has 1 aliphatic heterocycles. The van der Waals surface area contributed by atoms with Crippen LogP contribution < -0.4 is 0 Å². The third kappa shape index (κ3) is 3.73. The highest BCUT2D eigenvalue weighted by molar-refractivity contribution is 8.00. The van der Waals surface area contributed by atoms with Gasteiger partial charge in [0.15, 0.2) is 5.16 Å². The number of alkyl halides is 3. The van der Waals surface area contributed by atoms with Crippen LogP contribution in [-0.2, 0) is 22.3 Å². The number of fused-ring (bicyclic) bond motifs is 1. The Bertz CT molecular complexity index is 1020. The van der Waals surface area contributed by atoms with E-state index in [9.17, 15) is 18.0 Å². The van der Waals surface area contributed by atoms with Gasteiger partial charge in [-0.1, -0.05) is 42.1 Å². The van der Waals surface area contributed by atoms with Crippen LogP contribution in [0, 0.1) is 0 Å². The first-order valence-corrected chi connectivity index (χ1v) is 9.68. The second-order valence-electron chi connectivity index (χ2n) is 6.76. The van der Waals surface area contributed by atoms with Gasteiger partial charge < -0.3 is 9.30 Å². The van der Waals surface area contributed by atoms with Crippen molar-refractivity contribution in [3.63, 3.8) is 0 Å². The third-order valence-electron chi connectivity index (χ3n) is 4.60. The molecule has 0 saturated carbocycles. The minimum absolute atomic E-state index is 0.172. The number of rotatable bonds is 4. The number of cyclic esters (lactones) is 1. The number of benzene rings is 2.